The molecule has 0 spiro atoms. The first-order valence-electron chi connectivity index (χ1n) is 9.72. The fourth-order valence-corrected chi connectivity index (χ4v) is 3.93. The molecule has 1 aliphatic rings. The number of hydrogen-bond acceptors (Lipinski definition) is 10. The largest absolute Gasteiger partial charge is 0.468 e. The first kappa shape index (κ1) is 26.7. The predicted molar refractivity (Wildman–Crippen MR) is 110 cm³/mol. The number of carbonyl (C=O) groups is 5. The molecular weight excluding hydrogens is 432 g/mol. The number of rotatable bonds is 12. The number of aliphatic hydroxyl groups excluding tert-OH is 1. The van der Waals surface area contributed by atoms with E-state index < -0.39 is 47.3 Å². The van der Waals surface area contributed by atoms with Crippen molar-refractivity contribution in [3.63, 3.8) is 0 Å². The van der Waals surface area contributed by atoms with E-state index in [0.717, 1.165) is 11.8 Å². The van der Waals surface area contributed by atoms with Gasteiger partial charge in [0.15, 0.2) is 0 Å². The van der Waals surface area contributed by atoms with Crippen molar-refractivity contribution in [2.45, 2.75) is 49.7 Å². The van der Waals surface area contributed by atoms with Gasteiger partial charge in [0.25, 0.3) is 0 Å². The van der Waals surface area contributed by atoms with Gasteiger partial charge in [0.05, 0.1) is 19.0 Å². The van der Waals surface area contributed by atoms with Gasteiger partial charge in [0.2, 0.25) is 17.7 Å². The van der Waals surface area contributed by atoms with Crippen molar-refractivity contribution in [2.75, 3.05) is 33.1 Å². The van der Waals surface area contributed by atoms with E-state index in [0.29, 0.717) is 0 Å². The normalized spacial score (nSPS) is 20.0. The monoisotopic (exact) mass is 462 g/mol. The van der Waals surface area contributed by atoms with Gasteiger partial charge in [0, 0.05) is 25.6 Å². The summed E-state index contributed by atoms with van der Waals surface area (Å²) in [5.74, 6) is -2.63. The number of amides is 3. The molecule has 1 rings (SSSR count). The summed E-state index contributed by atoms with van der Waals surface area (Å²) in [5.41, 5.74) is 5.67. The molecule has 31 heavy (non-hydrogen) atoms. The van der Waals surface area contributed by atoms with Crippen LogP contribution in [-0.2, 0) is 33.4 Å². The molecule has 176 valence electrons. The standard InChI is InChI=1S/C18H30N4O8S/c1-4-30-18(28)10(19)5-6-13(23)21-11(16(26)20-8-15(25)29-3)9-31-12-7-14(24)22(2)17(12)27/h10-12,17,27H,4-9,19H2,1-3H3,(H,20,26)(H,21,23)/t10-,11-,12?,17?/m0/s1. The lowest BCUT2D eigenvalue weighted by Gasteiger charge is -2.22. The average molecular weight is 463 g/mol. The smallest absolute Gasteiger partial charge is 0.325 e. The van der Waals surface area contributed by atoms with Crippen LogP contribution in [-0.4, -0.2) is 96.3 Å². The SMILES string of the molecule is CCOC(=O)[C@@H](N)CCC(=O)N[C@@H](CSC1CC(=O)N(C)C1O)C(=O)NCC(=O)OC. The van der Waals surface area contributed by atoms with E-state index in [4.69, 9.17) is 10.5 Å². The van der Waals surface area contributed by atoms with Gasteiger partial charge in [-0.05, 0) is 13.3 Å². The second kappa shape index (κ2) is 13.1. The number of nitrogens with one attached hydrogen (secondary N) is 2. The van der Waals surface area contributed by atoms with Gasteiger partial charge < -0.3 is 35.8 Å². The van der Waals surface area contributed by atoms with E-state index >= 15 is 0 Å². The molecule has 12 nitrogen and oxygen atoms in total. The molecule has 0 aromatic heterocycles. The Balaban J connectivity index is 2.67. The van der Waals surface area contributed by atoms with E-state index in [-0.39, 0.29) is 44.1 Å². The fraction of sp³-hybridized carbons (Fsp3) is 0.722. The molecule has 1 fully saturated rings. The minimum atomic E-state index is -1.05. The number of nitrogens with zero attached hydrogens (tertiary/aromatic N) is 1. The number of thioether (sulfide) groups is 1. The van der Waals surface area contributed by atoms with Gasteiger partial charge in [-0.3, -0.25) is 24.0 Å². The Morgan fingerprint density at radius 1 is 1.35 bits per heavy atom. The van der Waals surface area contributed by atoms with Crippen LogP contribution in [0.25, 0.3) is 0 Å². The molecule has 1 aliphatic heterocycles. The molecule has 0 aromatic rings. The first-order valence-corrected chi connectivity index (χ1v) is 10.8. The number of likely N-dealkylation sites (tertiary alicyclic amines) is 1. The summed E-state index contributed by atoms with van der Waals surface area (Å²) in [6.07, 6.45) is -1.01. The van der Waals surface area contributed by atoms with Crippen molar-refractivity contribution in [3.8, 4) is 0 Å². The summed E-state index contributed by atoms with van der Waals surface area (Å²) in [7, 11) is 2.65. The third kappa shape index (κ3) is 8.71. The maximum atomic E-state index is 12.5. The quantitative estimate of drug-likeness (QED) is 0.231. The zero-order chi connectivity index (χ0) is 23.6. The summed E-state index contributed by atoms with van der Waals surface area (Å²) in [6, 6.07) is -2.02. The lowest BCUT2D eigenvalue weighted by Crippen LogP contribution is -2.50. The van der Waals surface area contributed by atoms with Crippen molar-refractivity contribution in [2.24, 2.45) is 5.73 Å². The highest BCUT2D eigenvalue weighted by molar-refractivity contribution is 8.00. The molecule has 0 saturated carbocycles. The second-order valence-corrected chi connectivity index (χ2v) is 8.08. The van der Waals surface area contributed by atoms with Gasteiger partial charge in [-0.25, -0.2) is 0 Å². The van der Waals surface area contributed by atoms with Crippen LogP contribution in [0.3, 0.4) is 0 Å². The lowest BCUT2D eigenvalue weighted by molar-refractivity contribution is -0.145. The molecule has 13 heteroatoms. The van der Waals surface area contributed by atoms with E-state index in [1.54, 1.807) is 6.92 Å². The molecule has 0 aromatic carbocycles. The molecule has 0 bridgehead atoms. The minimum absolute atomic E-state index is 0.0228. The highest BCUT2D eigenvalue weighted by atomic mass is 32.2. The number of aliphatic hydroxyl groups is 1. The Hall–Kier alpha value is -2.38. The summed E-state index contributed by atoms with van der Waals surface area (Å²) in [6.45, 7) is 1.43. The van der Waals surface area contributed by atoms with Crippen LogP contribution in [0.1, 0.15) is 26.2 Å². The second-order valence-electron chi connectivity index (χ2n) is 6.81. The van der Waals surface area contributed by atoms with Gasteiger partial charge in [0.1, 0.15) is 24.9 Å². The maximum Gasteiger partial charge on any atom is 0.325 e. The topological polar surface area (TPSA) is 177 Å². The van der Waals surface area contributed by atoms with Gasteiger partial charge in [-0.2, -0.15) is 11.8 Å². The van der Waals surface area contributed by atoms with Crippen LogP contribution in [0, 0.1) is 0 Å². The fourth-order valence-electron chi connectivity index (χ4n) is 2.64. The third-order valence-electron chi connectivity index (χ3n) is 4.53. The van der Waals surface area contributed by atoms with Crippen molar-refractivity contribution >= 4 is 41.4 Å². The van der Waals surface area contributed by atoms with Crippen LogP contribution in [0.4, 0.5) is 0 Å². The summed E-state index contributed by atoms with van der Waals surface area (Å²) < 4.78 is 9.25. The molecule has 3 amide bonds. The predicted octanol–water partition coefficient (Wildman–Crippen LogP) is -2.29. The summed E-state index contributed by atoms with van der Waals surface area (Å²) >= 11 is 1.15. The molecular formula is C18H30N4O8S. The molecule has 1 heterocycles. The Labute approximate surface area is 184 Å². The summed E-state index contributed by atoms with van der Waals surface area (Å²) in [5, 5.41) is 14.5. The van der Waals surface area contributed by atoms with E-state index in [9.17, 15) is 29.1 Å². The van der Waals surface area contributed by atoms with Crippen molar-refractivity contribution < 1.29 is 38.6 Å². The van der Waals surface area contributed by atoms with Gasteiger partial charge >= 0.3 is 11.9 Å². The highest BCUT2D eigenvalue weighted by Gasteiger charge is 2.37. The van der Waals surface area contributed by atoms with Crippen LogP contribution < -0.4 is 16.4 Å². The molecule has 5 N–H and O–H groups in total. The van der Waals surface area contributed by atoms with Crippen molar-refractivity contribution in [3.05, 3.63) is 0 Å². The number of nitrogens with two attached hydrogens (primary N) is 1. The molecule has 2 unspecified atom stereocenters. The Morgan fingerprint density at radius 2 is 2.03 bits per heavy atom. The van der Waals surface area contributed by atoms with Crippen LogP contribution >= 0.6 is 11.8 Å². The Kier molecular flexibility index (Phi) is 11.3. The zero-order valence-corrected chi connectivity index (χ0v) is 18.6. The van der Waals surface area contributed by atoms with Gasteiger partial charge in [-0.1, -0.05) is 0 Å². The maximum absolute atomic E-state index is 12.5. The Bertz CT molecular complexity index is 677. The van der Waals surface area contributed by atoms with E-state index in [1.165, 1.54) is 19.1 Å². The lowest BCUT2D eigenvalue weighted by atomic mass is 10.1. The summed E-state index contributed by atoms with van der Waals surface area (Å²) in [4.78, 5) is 60.5. The van der Waals surface area contributed by atoms with Crippen LogP contribution in [0.5, 0.6) is 0 Å². The highest BCUT2D eigenvalue weighted by Crippen LogP contribution is 2.27. The van der Waals surface area contributed by atoms with Crippen LogP contribution in [0.2, 0.25) is 0 Å². The zero-order valence-electron chi connectivity index (χ0n) is 17.8. The number of hydrogen-bond donors (Lipinski definition) is 4. The number of ether oxygens (including phenoxy) is 2. The average Bonchev–Trinajstić information content (AvgIpc) is 2.99. The number of methoxy groups -OCH3 is 1. The van der Waals surface area contributed by atoms with E-state index in [2.05, 4.69) is 15.4 Å². The molecule has 0 radical (unpaired) electrons. The molecule has 1 saturated heterocycles. The molecule has 4 atom stereocenters. The van der Waals surface area contributed by atoms with Crippen LogP contribution in [0.15, 0.2) is 0 Å². The van der Waals surface area contributed by atoms with E-state index in [1.807, 2.05) is 0 Å². The Morgan fingerprint density at radius 3 is 2.58 bits per heavy atom. The third-order valence-corrected chi connectivity index (χ3v) is 5.90. The van der Waals surface area contributed by atoms with Gasteiger partial charge in [-0.15, -0.1) is 0 Å². The van der Waals surface area contributed by atoms with Crippen molar-refractivity contribution in [1.29, 1.82) is 0 Å². The number of carbonyl (C=O) groups excluding carboxylic acids is 5. The minimum Gasteiger partial charge on any atom is -0.468 e. The first-order chi connectivity index (χ1) is 14.6. The molecule has 0 aliphatic carbocycles. The van der Waals surface area contributed by atoms with Crippen molar-refractivity contribution in [1.82, 2.24) is 15.5 Å². The number of esters is 2.